The molecular formula is C9H11Cl3O4S. The number of halogens is 3. The van der Waals surface area contributed by atoms with Crippen LogP contribution >= 0.6 is 34.8 Å². The van der Waals surface area contributed by atoms with E-state index in [1.54, 1.807) is 12.1 Å². The molecule has 0 heterocycles. The van der Waals surface area contributed by atoms with Gasteiger partial charge in [0.15, 0.2) is 0 Å². The van der Waals surface area contributed by atoms with E-state index in [0.29, 0.717) is 27.7 Å². The average Bonchev–Trinajstić information content (AvgIpc) is 2.08. The second-order valence-corrected chi connectivity index (χ2v) is 5.77. The maximum Gasteiger partial charge on any atom is 0.261 e. The van der Waals surface area contributed by atoms with Gasteiger partial charge in [0.1, 0.15) is 0 Å². The van der Waals surface area contributed by atoms with Crippen LogP contribution in [-0.4, -0.2) is 30.9 Å². The van der Waals surface area contributed by atoms with Crippen LogP contribution in [0.2, 0.25) is 15.1 Å². The van der Waals surface area contributed by atoms with Crippen molar-refractivity contribution in [2.75, 3.05) is 12.9 Å². The molecule has 0 bridgehead atoms. The van der Waals surface area contributed by atoms with Crippen LogP contribution in [0.4, 0.5) is 0 Å². The van der Waals surface area contributed by atoms with Crippen LogP contribution in [0, 0.1) is 0 Å². The Balaban J connectivity index is 0.000000437. The molecule has 0 amide bonds. The monoisotopic (exact) mass is 320 g/mol. The second-order valence-electron chi connectivity index (χ2n) is 3.05. The Labute approximate surface area is 115 Å². The minimum atomic E-state index is -3.67. The third-order valence-corrected chi connectivity index (χ3v) is 2.36. The van der Waals surface area contributed by atoms with Crippen molar-refractivity contribution in [3.63, 3.8) is 0 Å². The van der Waals surface area contributed by atoms with E-state index in [9.17, 15) is 8.42 Å². The van der Waals surface area contributed by atoms with Crippen molar-refractivity contribution in [3.8, 4) is 0 Å². The summed E-state index contributed by atoms with van der Waals surface area (Å²) in [5.74, 6) is 0. The highest BCUT2D eigenvalue weighted by Crippen LogP contribution is 2.28. The van der Waals surface area contributed by atoms with Gasteiger partial charge in [0, 0.05) is 21.7 Å². The van der Waals surface area contributed by atoms with Crippen LogP contribution in [0.25, 0.3) is 0 Å². The molecule has 0 aromatic heterocycles. The van der Waals surface area contributed by atoms with Gasteiger partial charge >= 0.3 is 0 Å². The van der Waals surface area contributed by atoms with E-state index >= 15 is 0 Å². The predicted molar refractivity (Wildman–Crippen MR) is 69.7 cm³/mol. The molecule has 1 aromatic carbocycles. The van der Waals surface area contributed by atoms with Gasteiger partial charge in [0.25, 0.3) is 10.1 Å². The highest BCUT2D eigenvalue weighted by molar-refractivity contribution is 7.85. The molecule has 0 aliphatic rings. The van der Waals surface area contributed by atoms with E-state index in [-0.39, 0.29) is 6.61 Å². The molecule has 98 valence electrons. The van der Waals surface area contributed by atoms with Gasteiger partial charge in [-0.1, -0.05) is 34.8 Å². The van der Waals surface area contributed by atoms with E-state index < -0.39 is 10.1 Å². The molecule has 0 saturated heterocycles. The summed E-state index contributed by atoms with van der Waals surface area (Å²) in [6, 6.07) is 3.22. The maximum absolute atomic E-state index is 9.19. The van der Waals surface area contributed by atoms with Crippen molar-refractivity contribution in [2.45, 2.75) is 6.42 Å². The Morgan fingerprint density at radius 2 is 1.53 bits per heavy atom. The summed E-state index contributed by atoms with van der Waals surface area (Å²) in [7, 11) is -3.67. The lowest BCUT2D eigenvalue weighted by atomic mass is 10.1. The van der Waals surface area contributed by atoms with E-state index in [1.807, 2.05) is 0 Å². The Bertz CT molecular complexity index is 442. The van der Waals surface area contributed by atoms with Crippen LogP contribution in [0.1, 0.15) is 5.56 Å². The minimum Gasteiger partial charge on any atom is -0.396 e. The molecule has 0 saturated carbocycles. The summed E-state index contributed by atoms with van der Waals surface area (Å²) >= 11 is 17.4. The minimum absolute atomic E-state index is 0.0288. The molecule has 0 atom stereocenters. The van der Waals surface area contributed by atoms with Gasteiger partial charge in [-0.25, -0.2) is 0 Å². The standard InChI is InChI=1S/C8H7Cl3O.CH4O3S/c9-5-3-7(10)6(1-2-12)8(11)4-5;1-5(2,3)4/h3-4,12H,1-2H2;1H3,(H,2,3,4). The van der Waals surface area contributed by atoms with Crippen molar-refractivity contribution < 1.29 is 18.1 Å². The molecule has 0 unspecified atom stereocenters. The fourth-order valence-corrected chi connectivity index (χ4v) is 1.93. The van der Waals surface area contributed by atoms with Gasteiger partial charge in [-0.05, 0) is 24.1 Å². The van der Waals surface area contributed by atoms with Gasteiger partial charge in [0.05, 0.1) is 6.26 Å². The first-order valence-corrected chi connectivity index (χ1v) is 7.30. The second kappa shape index (κ2) is 7.41. The molecule has 8 heteroatoms. The van der Waals surface area contributed by atoms with Crippen molar-refractivity contribution in [2.24, 2.45) is 0 Å². The fraction of sp³-hybridized carbons (Fsp3) is 0.333. The molecule has 0 radical (unpaired) electrons. The molecule has 4 nitrogen and oxygen atoms in total. The van der Waals surface area contributed by atoms with Crippen molar-refractivity contribution in [1.29, 1.82) is 0 Å². The number of rotatable bonds is 2. The van der Waals surface area contributed by atoms with Gasteiger partial charge in [0.2, 0.25) is 0 Å². The Morgan fingerprint density at radius 1 is 1.18 bits per heavy atom. The summed E-state index contributed by atoms with van der Waals surface area (Å²) in [5.41, 5.74) is 0.741. The molecule has 17 heavy (non-hydrogen) atoms. The highest BCUT2D eigenvalue weighted by Gasteiger charge is 2.06. The summed E-state index contributed by atoms with van der Waals surface area (Å²) in [5, 5.41) is 10.2. The van der Waals surface area contributed by atoms with E-state index in [2.05, 4.69) is 0 Å². The summed E-state index contributed by atoms with van der Waals surface area (Å²) in [6.07, 6.45) is 1.17. The topological polar surface area (TPSA) is 74.6 Å². The first-order valence-electron chi connectivity index (χ1n) is 4.32. The Kier molecular flexibility index (Phi) is 7.39. The van der Waals surface area contributed by atoms with Gasteiger partial charge in [-0.15, -0.1) is 0 Å². The summed E-state index contributed by atoms with van der Waals surface area (Å²) < 4.78 is 25.9. The van der Waals surface area contributed by atoms with Crippen molar-refractivity contribution in [3.05, 3.63) is 32.8 Å². The molecule has 0 aliphatic heterocycles. The lowest BCUT2D eigenvalue weighted by molar-refractivity contribution is 0.299. The van der Waals surface area contributed by atoms with Crippen LogP contribution in [0.15, 0.2) is 12.1 Å². The van der Waals surface area contributed by atoms with Gasteiger partial charge in [-0.3, -0.25) is 4.55 Å². The zero-order chi connectivity index (χ0) is 13.6. The van der Waals surface area contributed by atoms with Crippen molar-refractivity contribution >= 4 is 44.9 Å². The fourth-order valence-electron chi connectivity index (χ4n) is 0.923. The molecule has 2 N–H and O–H groups in total. The smallest absolute Gasteiger partial charge is 0.261 e. The first kappa shape index (κ1) is 17.0. The lowest BCUT2D eigenvalue weighted by Gasteiger charge is -2.05. The number of aliphatic hydroxyl groups is 1. The number of benzene rings is 1. The molecule has 0 fully saturated rings. The van der Waals surface area contributed by atoms with Crippen LogP contribution < -0.4 is 0 Å². The Hall–Kier alpha value is -0.0400. The molecule has 1 aromatic rings. The largest absolute Gasteiger partial charge is 0.396 e. The zero-order valence-electron chi connectivity index (χ0n) is 8.82. The molecule has 0 spiro atoms. The van der Waals surface area contributed by atoms with E-state index in [1.165, 1.54) is 0 Å². The third kappa shape index (κ3) is 8.65. The molecular weight excluding hydrogens is 311 g/mol. The SMILES string of the molecule is CS(=O)(=O)O.OCCc1c(Cl)cc(Cl)cc1Cl. The summed E-state index contributed by atoms with van der Waals surface area (Å²) in [6.45, 7) is 0.0288. The average molecular weight is 322 g/mol. The third-order valence-electron chi connectivity index (χ3n) is 1.47. The predicted octanol–water partition coefficient (Wildman–Crippen LogP) is 2.69. The Morgan fingerprint density at radius 3 is 1.82 bits per heavy atom. The van der Waals surface area contributed by atoms with Gasteiger partial charge < -0.3 is 5.11 Å². The summed E-state index contributed by atoms with van der Waals surface area (Å²) in [4.78, 5) is 0. The number of hydrogen-bond acceptors (Lipinski definition) is 3. The van der Waals surface area contributed by atoms with Crippen molar-refractivity contribution in [1.82, 2.24) is 0 Å². The van der Waals surface area contributed by atoms with Crippen LogP contribution in [0.5, 0.6) is 0 Å². The van der Waals surface area contributed by atoms with E-state index in [0.717, 1.165) is 5.56 Å². The normalized spacial score (nSPS) is 10.7. The molecule has 0 aliphatic carbocycles. The quantitative estimate of drug-likeness (QED) is 0.821. The van der Waals surface area contributed by atoms with E-state index in [4.69, 9.17) is 44.5 Å². The first-order chi connectivity index (χ1) is 7.65. The highest BCUT2D eigenvalue weighted by atomic mass is 35.5. The number of hydrogen-bond donors (Lipinski definition) is 2. The number of aliphatic hydroxyl groups excluding tert-OH is 1. The lowest BCUT2D eigenvalue weighted by Crippen LogP contribution is -1.92. The van der Waals surface area contributed by atoms with Crippen LogP contribution in [0.3, 0.4) is 0 Å². The molecule has 1 rings (SSSR count). The van der Waals surface area contributed by atoms with Crippen LogP contribution in [-0.2, 0) is 16.5 Å². The maximum atomic E-state index is 9.19. The zero-order valence-corrected chi connectivity index (χ0v) is 11.9. The van der Waals surface area contributed by atoms with Gasteiger partial charge in [-0.2, -0.15) is 8.42 Å².